The van der Waals surface area contributed by atoms with E-state index in [1.807, 2.05) is 0 Å². The lowest BCUT2D eigenvalue weighted by molar-refractivity contribution is 0.830. The zero-order valence-electron chi connectivity index (χ0n) is 10.3. The number of benzene rings is 1. The molecule has 0 amide bonds. The first-order valence-corrected chi connectivity index (χ1v) is 8.95. The fourth-order valence-electron chi connectivity index (χ4n) is 1.64. The van der Waals surface area contributed by atoms with Crippen LogP contribution in [0.1, 0.15) is 13.8 Å². The van der Waals surface area contributed by atoms with Gasteiger partial charge in [0.15, 0.2) is 0 Å². The molecule has 0 spiro atoms. The molecule has 1 aromatic carbocycles. The Hall–Kier alpha value is -0.823. The summed E-state index contributed by atoms with van der Waals surface area (Å²) in [6.45, 7) is 9.33. The van der Waals surface area contributed by atoms with Gasteiger partial charge in [0.05, 0.1) is 8.07 Å². The van der Waals surface area contributed by atoms with E-state index >= 15 is 0 Å². The van der Waals surface area contributed by atoms with E-state index in [9.17, 15) is 0 Å². The standard InChI is InChI=1S/C14H22Si/c1-13(2)9-8-12-15(3,4)14-10-6-5-7-11-14/h5-11,13H,12H2,1-4H3/b9-8+. The van der Waals surface area contributed by atoms with Crippen LogP contribution in [0.15, 0.2) is 42.5 Å². The van der Waals surface area contributed by atoms with Gasteiger partial charge in [0.2, 0.25) is 0 Å². The largest absolute Gasteiger partial charge is 0.0906 e. The van der Waals surface area contributed by atoms with Gasteiger partial charge in [0.25, 0.3) is 0 Å². The predicted molar refractivity (Wildman–Crippen MR) is 72.3 cm³/mol. The minimum Gasteiger partial charge on any atom is -0.0906 e. The van der Waals surface area contributed by atoms with Gasteiger partial charge in [-0.15, -0.1) is 0 Å². The van der Waals surface area contributed by atoms with Crippen LogP contribution in [0, 0.1) is 5.92 Å². The maximum absolute atomic E-state index is 2.44. The number of hydrogen-bond acceptors (Lipinski definition) is 0. The van der Waals surface area contributed by atoms with Crippen LogP contribution in [0.5, 0.6) is 0 Å². The van der Waals surface area contributed by atoms with Crippen LogP contribution in [-0.2, 0) is 0 Å². The summed E-state index contributed by atoms with van der Waals surface area (Å²) in [5.74, 6) is 0.672. The van der Waals surface area contributed by atoms with Gasteiger partial charge in [-0.25, -0.2) is 0 Å². The van der Waals surface area contributed by atoms with E-state index in [2.05, 4.69) is 69.4 Å². The molecule has 0 aliphatic rings. The van der Waals surface area contributed by atoms with Crippen LogP contribution in [-0.4, -0.2) is 8.07 Å². The number of allylic oxidation sites excluding steroid dienone is 2. The summed E-state index contributed by atoms with van der Waals surface area (Å²) in [5, 5.41) is 1.55. The molecule has 0 N–H and O–H groups in total. The molecule has 0 unspecified atom stereocenters. The Morgan fingerprint density at radius 3 is 2.27 bits per heavy atom. The van der Waals surface area contributed by atoms with Gasteiger partial charge in [0, 0.05) is 0 Å². The van der Waals surface area contributed by atoms with E-state index in [1.165, 1.54) is 6.04 Å². The van der Waals surface area contributed by atoms with Gasteiger partial charge in [-0.1, -0.05) is 74.6 Å². The van der Waals surface area contributed by atoms with Gasteiger partial charge in [-0.05, 0) is 12.0 Å². The smallest absolute Gasteiger partial charge is 0.0843 e. The highest BCUT2D eigenvalue weighted by molar-refractivity contribution is 6.90. The Morgan fingerprint density at radius 1 is 1.13 bits per heavy atom. The lowest BCUT2D eigenvalue weighted by atomic mass is 10.2. The molecule has 1 rings (SSSR count). The maximum Gasteiger partial charge on any atom is 0.0843 e. The van der Waals surface area contributed by atoms with E-state index in [0.29, 0.717) is 5.92 Å². The summed E-state index contributed by atoms with van der Waals surface area (Å²) in [7, 11) is -1.23. The molecule has 0 heterocycles. The first-order chi connectivity index (χ1) is 7.02. The lowest BCUT2D eigenvalue weighted by Gasteiger charge is -2.21. The second-order valence-electron chi connectivity index (χ2n) is 5.13. The summed E-state index contributed by atoms with van der Waals surface area (Å²) in [6.07, 6.45) is 4.68. The van der Waals surface area contributed by atoms with E-state index in [4.69, 9.17) is 0 Å². The molecular formula is C14H22Si. The van der Waals surface area contributed by atoms with E-state index in [0.717, 1.165) is 0 Å². The van der Waals surface area contributed by atoms with Crippen LogP contribution in [0.2, 0.25) is 19.1 Å². The van der Waals surface area contributed by atoms with Crippen molar-refractivity contribution >= 4 is 13.3 Å². The third-order valence-corrected chi connectivity index (χ3v) is 5.86. The van der Waals surface area contributed by atoms with Crippen molar-refractivity contribution in [2.45, 2.75) is 33.0 Å². The minimum atomic E-state index is -1.23. The SMILES string of the molecule is CC(C)/C=C/C[Si](C)(C)c1ccccc1. The van der Waals surface area contributed by atoms with Gasteiger partial charge in [-0.2, -0.15) is 0 Å². The first kappa shape index (κ1) is 12.2. The molecule has 1 heteroatoms. The molecule has 0 aromatic heterocycles. The summed E-state index contributed by atoms with van der Waals surface area (Å²) in [4.78, 5) is 0. The number of hydrogen-bond donors (Lipinski definition) is 0. The summed E-state index contributed by atoms with van der Waals surface area (Å²) in [6, 6.07) is 12.2. The molecule has 0 aliphatic heterocycles. The molecule has 0 saturated heterocycles. The molecular weight excluding hydrogens is 196 g/mol. The zero-order valence-corrected chi connectivity index (χ0v) is 11.3. The topological polar surface area (TPSA) is 0 Å². The van der Waals surface area contributed by atoms with E-state index in [1.54, 1.807) is 5.19 Å². The molecule has 0 nitrogen and oxygen atoms in total. The highest BCUT2D eigenvalue weighted by atomic mass is 28.3. The van der Waals surface area contributed by atoms with Crippen molar-refractivity contribution in [1.82, 2.24) is 0 Å². The Balaban J connectivity index is 2.67. The average molecular weight is 218 g/mol. The molecule has 0 atom stereocenters. The van der Waals surface area contributed by atoms with E-state index < -0.39 is 8.07 Å². The second kappa shape index (κ2) is 5.31. The normalized spacial score (nSPS) is 12.6. The highest BCUT2D eigenvalue weighted by Crippen LogP contribution is 2.11. The molecule has 15 heavy (non-hydrogen) atoms. The average Bonchev–Trinajstić information content (AvgIpc) is 2.18. The molecule has 0 aliphatic carbocycles. The van der Waals surface area contributed by atoms with Crippen molar-refractivity contribution < 1.29 is 0 Å². The third-order valence-electron chi connectivity index (χ3n) is 2.70. The maximum atomic E-state index is 2.44. The fourth-order valence-corrected chi connectivity index (χ4v) is 3.70. The quantitative estimate of drug-likeness (QED) is 0.532. The summed E-state index contributed by atoms with van der Waals surface area (Å²) < 4.78 is 0. The second-order valence-corrected chi connectivity index (χ2v) is 9.88. The summed E-state index contributed by atoms with van der Waals surface area (Å²) in [5.41, 5.74) is 0. The van der Waals surface area contributed by atoms with Crippen molar-refractivity contribution in [3.63, 3.8) is 0 Å². The minimum absolute atomic E-state index is 0.672. The first-order valence-electron chi connectivity index (χ1n) is 5.74. The van der Waals surface area contributed by atoms with Gasteiger partial charge in [0.1, 0.15) is 0 Å². The molecule has 0 fully saturated rings. The van der Waals surface area contributed by atoms with Gasteiger partial charge >= 0.3 is 0 Å². The molecule has 1 aromatic rings. The van der Waals surface area contributed by atoms with Crippen LogP contribution in [0.25, 0.3) is 0 Å². The van der Waals surface area contributed by atoms with Gasteiger partial charge < -0.3 is 0 Å². The van der Waals surface area contributed by atoms with Crippen molar-refractivity contribution in [3.8, 4) is 0 Å². The Morgan fingerprint density at radius 2 is 1.73 bits per heavy atom. The van der Waals surface area contributed by atoms with E-state index in [-0.39, 0.29) is 0 Å². The molecule has 0 radical (unpaired) electrons. The predicted octanol–water partition coefficient (Wildman–Crippen LogP) is 3.81. The Bertz CT molecular complexity index is 309. The van der Waals surface area contributed by atoms with Gasteiger partial charge in [-0.3, -0.25) is 0 Å². The number of rotatable bonds is 4. The van der Waals surface area contributed by atoms with Crippen LogP contribution in [0.3, 0.4) is 0 Å². The van der Waals surface area contributed by atoms with Crippen molar-refractivity contribution in [2.24, 2.45) is 5.92 Å². The lowest BCUT2D eigenvalue weighted by Crippen LogP contribution is -2.40. The van der Waals surface area contributed by atoms with Crippen LogP contribution >= 0.6 is 0 Å². The third kappa shape index (κ3) is 4.04. The molecule has 82 valence electrons. The highest BCUT2D eigenvalue weighted by Gasteiger charge is 2.20. The van der Waals surface area contributed by atoms with Crippen molar-refractivity contribution in [2.75, 3.05) is 0 Å². The van der Waals surface area contributed by atoms with Crippen LogP contribution < -0.4 is 5.19 Å². The molecule has 0 bridgehead atoms. The Kier molecular flexibility index (Phi) is 4.34. The van der Waals surface area contributed by atoms with Crippen molar-refractivity contribution in [3.05, 3.63) is 42.5 Å². The molecule has 0 saturated carbocycles. The van der Waals surface area contributed by atoms with Crippen LogP contribution in [0.4, 0.5) is 0 Å². The van der Waals surface area contributed by atoms with Crippen molar-refractivity contribution in [1.29, 1.82) is 0 Å². The summed E-state index contributed by atoms with van der Waals surface area (Å²) >= 11 is 0. The Labute approximate surface area is 95.0 Å². The monoisotopic (exact) mass is 218 g/mol. The zero-order chi connectivity index (χ0) is 11.3. The fraction of sp³-hybridized carbons (Fsp3) is 0.429.